The smallest absolute Gasteiger partial charge is 0.340 e. The lowest BCUT2D eigenvalue weighted by Crippen LogP contribution is -2.21. The lowest BCUT2D eigenvalue weighted by molar-refractivity contribution is -0.141. The van der Waals surface area contributed by atoms with Crippen molar-refractivity contribution in [1.82, 2.24) is 0 Å². The van der Waals surface area contributed by atoms with E-state index in [1.807, 2.05) is 35.7 Å². The summed E-state index contributed by atoms with van der Waals surface area (Å²) in [7, 11) is 0. The molecule has 0 aliphatic heterocycles. The van der Waals surface area contributed by atoms with E-state index in [0.717, 1.165) is 5.56 Å². The van der Waals surface area contributed by atoms with Crippen molar-refractivity contribution in [1.29, 1.82) is 0 Å². The number of carbonyl (C=O) groups excluding carboxylic acids is 2. The molecule has 0 spiro atoms. The Balaban J connectivity index is 1.65. The van der Waals surface area contributed by atoms with Gasteiger partial charge in [-0.3, -0.25) is 4.79 Å². The monoisotopic (exact) mass is 437 g/mol. The van der Waals surface area contributed by atoms with Crippen LogP contribution in [0.25, 0.3) is 11.6 Å². The normalized spacial score (nSPS) is 11.8. The molecule has 0 fully saturated rings. The van der Waals surface area contributed by atoms with Crippen molar-refractivity contribution in [2.75, 3.05) is 11.9 Å². The van der Waals surface area contributed by atoms with Crippen molar-refractivity contribution in [2.24, 2.45) is 0 Å². The van der Waals surface area contributed by atoms with Gasteiger partial charge in [0.15, 0.2) is 6.61 Å². The van der Waals surface area contributed by atoms with Gasteiger partial charge in [0.25, 0.3) is 5.91 Å². The third kappa shape index (κ3) is 6.36. The van der Waals surface area contributed by atoms with Crippen LogP contribution in [0.5, 0.6) is 0 Å². The average Bonchev–Trinajstić information content (AvgIpc) is 3.26. The molecule has 1 amide bonds. The highest BCUT2D eigenvalue weighted by atomic mass is 32.1. The van der Waals surface area contributed by atoms with Crippen LogP contribution in [-0.2, 0) is 19.7 Å². The first-order valence-corrected chi connectivity index (χ1v) is 10.7. The van der Waals surface area contributed by atoms with Gasteiger partial charge in [-0.05, 0) is 58.3 Å². The van der Waals surface area contributed by atoms with Crippen LogP contribution in [0.15, 0.2) is 66.0 Å². The number of hydrogen-bond donors (Lipinski definition) is 1. The lowest BCUT2D eigenvalue weighted by Gasteiger charge is -2.19. The molecule has 0 atom stereocenters. The Bertz CT molecular complexity index is 1060. The second-order valence-electron chi connectivity index (χ2n) is 8.04. The molecular weight excluding hydrogens is 413 g/mol. The van der Waals surface area contributed by atoms with Crippen LogP contribution in [0.3, 0.4) is 0 Å². The largest absolute Gasteiger partial charge is 0.452 e. The predicted octanol–water partition coefficient (Wildman–Crippen LogP) is 5.91. The van der Waals surface area contributed by atoms with E-state index in [-0.39, 0.29) is 11.2 Å². The van der Waals surface area contributed by atoms with E-state index in [1.54, 1.807) is 24.3 Å². The molecule has 0 saturated carbocycles. The molecule has 1 N–H and O–H groups in total. The minimum Gasteiger partial charge on any atom is -0.452 e. The van der Waals surface area contributed by atoms with Gasteiger partial charge in [0.05, 0.1) is 5.57 Å². The van der Waals surface area contributed by atoms with E-state index in [9.17, 15) is 14.0 Å². The lowest BCUT2D eigenvalue weighted by atomic mass is 9.87. The standard InChI is InChI=1S/C25H24FNO3S/c1-25(2,3)18-8-12-20(13-9-18)27-23(28)16-30-24(29)21(22-5-4-14-31-22)15-17-6-10-19(26)11-7-17/h4-15H,16H2,1-3H3,(H,27,28)/b21-15+. The fourth-order valence-corrected chi connectivity index (χ4v) is 3.58. The molecule has 0 bridgehead atoms. The van der Waals surface area contributed by atoms with Crippen molar-refractivity contribution in [3.8, 4) is 0 Å². The molecule has 160 valence electrons. The van der Waals surface area contributed by atoms with E-state index in [0.29, 0.717) is 21.7 Å². The number of ether oxygens (including phenoxy) is 1. The Kier molecular flexibility index (Phi) is 7.02. The zero-order valence-corrected chi connectivity index (χ0v) is 18.5. The Morgan fingerprint density at radius 3 is 2.29 bits per heavy atom. The zero-order valence-electron chi connectivity index (χ0n) is 17.6. The molecule has 0 aliphatic rings. The molecule has 4 nitrogen and oxygen atoms in total. The highest BCUT2D eigenvalue weighted by Gasteiger charge is 2.17. The number of halogens is 1. The molecule has 0 radical (unpaired) electrons. The molecule has 2 aromatic carbocycles. The van der Waals surface area contributed by atoms with Gasteiger partial charge in [-0.2, -0.15) is 0 Å². The second kappa shape index (κ2) is 9.71. The van der Waals surface area contributed by atoms with Gasteiger partial charge in [0.1, 0.15) is 5.82 Å². The van der Waals surface area contributed by atoms with Gasteiger partial charge in [0, 0.05) is 10.6 Å². The van der Waals surface area contributed by atoms with Crippen LogP contribution >= 0.6 is 11.3 Å². The summed E-state index contributed by atoms with van der Waals surface area (Å²) in [6, 6.07) is 17.0. The number of nitrogens with one attached hydrogen (secondary N) is 1. The number of anilines is 1. The summed E-state index contributed by atoms with van der Waals surface area (Å²) < 4.78 is 18.4. The molecule has 0 saturated heterocycles. The van der Waals surface area contributed by atoms with Crippen LogP contribution in [0, 0.1) is 5.82 Å². The SMILES string of the molecule is CC(C)(C)c1ccc(NC(=O)COC(=O)/C(=C/c2ccc(F)cc2)c2cccs2)cc1. The van der Waals surface area contributed by atoms with Gasteiger partial charge >= 0.3 is 5.97 Å². The summed E-state index contributed by atoms with van der Waals surface area (Å²) in [6.45, 7) is 5.94. The van der Waals surface area contributed by atoms with E-state index >= 15 is 0 Å². The minimum atomic E-state index is -0.620. The van der Waals surface area contributed by atoms with Gasteiger partial charge in [-0.1, -0.05) is 51.1 Å². The van der Waals surface area contributed by atoms with Crippen LogP contribution in [-0.4, -0.2) is 18.5 Å². The first-order chi connectivity index (χ1) is 14.7. The van der Waals surface area contributed by atoms with Crippen molar-refractivity contribution < 1.29 is 18.7 Å². The molecule has 0 aliphatic carbocycles. The zero-order chi connectivity index (χ0) is 22.4. The maximum absolute atomic E-state index is 13.2. The van der Waals surface area contributed by atoms with Crippen LogP contribution < -0.4 is 5.32 Å². The minimum absolute atomic E-state index is 0.0210. The molecule has 6 heteroatoms. The summed E-state index contributed by atoms with van der Waals surface area (Å²) in [4.78, 5) is 25.6. The Hall–Kier alpha value is -3.25. The number of thiophene rings is 1. The average molecular weight is 438 g/mol. The van der Waals surface area contributed by atoms with Crippen molar-refractivity contribution in [3.05, 3.63) is 87.9 Å². The van der Waals surface area contributed by atoms with Gasteiger partial charge in [-0.15, -0.1) is 11.3 Å². The predicted molar refractivity (Wildman–Crippen MR) is 123 cm³/mol. The first-order valence-electron chi connectivity index (χ1n) is 9.81. The van der Waals surface area contributed by atoms with Crippen molar-refractivity contribution in [2.45, 2.75) is 26.2 Å². The summed E-state index contributed by atoms with van der Waals surface area (Å²) in [5.41, 5.74) is 2.78. The highest BCUT2D eigenvalue weighted by Crippen LogP contribution is 2.25. The quantitative estimate of drug-likeness (QED) is 0.385. The summed E-state index contributed by atoms with van der Waals surface area (Å²) in [6.07, 6.45) is 1.62. The molecule has 3 rings (SSSR count). The number of rotatable bonds is 6. The number of carbonyl (C=O) groups is 2. The Morgan fingerprint density at radius 2 is 1.71 bits per heavy atom. The van der Waals surface area contributed by atoms with Gasteiger partial charge < -0.3 is 10.1 Å². The maximum Gasteiger partial charge on any atom is 0.340 e. The van der Waals surface area contributed by atoms with E-state index in [2.05, 4.69) is 26.1 Å². The van der Waals surface area contributed by atoms with Crippen LogP contribution in [0.2, 0.25) is 0 Å². The molecular formula is C25H24FNO3S. The topological polar surface area (TPSA) is 55.4 Å². The number of amides is 1. The Labute approximate surface area is 185 Å². The third-order valence-electron chi connectivity index (χ3n) is 4.56. The van der Waals surface area contributed by atoms with Gasteiger partial charge in [-0.25, -0.2) is 9.18 Å². The van der Waals surface area contributed by atoms with Crippen molar-refractivity contribution in [3.63, 3.8) is 0 Å². The maximum atomic E-state index is 13.2. The number of esters is 1. The van der Waals surface area contributed by atoms with Gasteiger partial charge in [0.2, 0.25) is 0 Å². The number of hydrogen-bond acceptors (Lipinski definition) is 4. The van der Waals surface area contributed by atoms with Crippen LogP contribution in [0.1, 0.15) is 36.8 Å². The van der Waals surface area contributed by atoms with Crippen molar-refractivity contribution >= 4 is 40.5 Å². The number of benzene rings is 2. The van der Waals surface area contributed by atoms with E-state index in [1.165, 1.54) is 23.5 Å². The van der Waals surface area contributed by atoms with Crippen LogP contribution in [0.4, 0.5) is 10.1 Å². The van der Waals surface area contributed by atoms with E-state index in [4.69, 9.17) is 4.74 Å². The molecule has 1 heterocycles. The molecule has 3 aromatic rings. The fraction of sp³-hybridized carbons (Fsp3) is 0.200. The molecule has 0 unspecified atom stereocenters. The molecule has 1 aromatic heterocycles. The molecule has 31 heavy (non-hydrogen) atoms. The first kappa shape index (κ1) is 22.4. The fourth-order valence-electron chi connectivity index (χ4n) is 2.85. The summed E-state index contributed by atoms with van der Waals surface area (Å²) >= 11 is 1.38. The summed E-state index contributed by atoms with van der Waals surface area (Å²) in [5.74, 6) is -1.40. The second-order valence-corrected chi connectivity index (χ2v) is 8.99. The highest BCUT2D eigenvalue weighted by molar-refractivity contribution is 7.11. The van der Waals surface area contributed by atoms with E-state index < -0.39 is 18.5 Å². The third-order valence-corrected chi connectivity index (χ3v) is 5.46. The Morgan fingerprint density at radius 1 is 1.03 bits per heavy atom. The summed E-state index contributed by atoms with van der Waals surface area (Å²) in [5, 5.41) is 4.57.